The number of alkyl halides is 3. The Kier molecular flexibility index (Phi) is 4.55. The van der Waals surface area contributed by atoms with Crippen LogP contribution in [0.5, 0.6) is 0 Å². The number of pyridine rings is 1. The van der Waals surface area contributed by atoms with E-state index in [1.807, 2.05) is 0 Å². The van der Waals surface area contributed by atoms with Crippen LogP contribution in [0.1, 0.15) is 35.6 Å². The Labute approximate surface area is 137 Å². The molecule has 1 aromatic heterocycles. The Morgan fingerprint density at radius 1 is 1.25 bits per heavy atom. The van der Waals surface area contributed by atoms with E-state index in [0.717, 1.165) is 30.5 Å². The van der Waals surface area contributed by atoms with Crippen LogP contribution in [0, 0.1) is 5.92 Å². The van der Waals surface area contributed by atoms with Crippen molar-refractivity contribution in [2.75, 3.05) is 0 Å². The van der Waals surface area contributed by atoms with E-state index in [1.165, 1.54) is 6.07 Å². The molecule has 2 aromatic rings. The average Bonchev–Trinajstić information content (AvgIpc) is 3.38. The zero-order valence-corrected chi connectivity index (χ0v) is 12.9. The highest BCUT2D eigenvalue weighted by Gasteiger charge is 2.36. The van der Waals surface area contributed by atoms with Crippen LogP contribution in [0.4, 0.5) is 13.2 Å². The van der Waals surface area contributed by atoms with Gasteiger partial charge in [-0.2, -0.15) is 13.2 Å². The molecule has 1 amide bonds. The molecule has 0 radical (unpaired) electrons. The van der Waals surface area contributed by atoms with E-state index in [9.17, 15) is 18.0 Å². The lowest BCUT2D eigenvalue weighted by Gasteiger charge is -2.20. The third-order valence-corrected chi connectivity index (χ3v) is 4.07. The topological polar surface area (TPSA) is 42.0 Å². The van der Waals surface area contributed by atoms with E-state index >= 15 is 0 Å². The molecule has 0 aliphatic heterocycles. The minimum atomic E-state index is -4.39. The van der Waals surface area contributed by atoms with Gasteiger partial charge in [0.1, 0.15) is 0 Å². The molecular weight excluding hydrogens is 317 g/mol. The maximum atomic E-state index is 12.9. The van der Waals surface area contributed by atoms with Crippen LogP contribution in [0.2, 0.25) is 0 Å². The van der Waals surface area contributed by atoms with Crippen molar-refractivity contribution in [2.45, 2.75) is 31.5 Å². The first-order valence-electron chi connectivity index (χ1n) is 7.79. The molecule has 1 N–H and O–H groups in total. The first-order valence-corrected chi connectivity index (χ1v) is 7.79. The molecule has 1 aliphatic carbocycles. The molecule has 6 heteroatoms. The number of carbonyl (C=O) groups excluding carboxylic acids is 1. The molecule has 1 saturated carbocycles. The second kappa shape index (κ2) is 6.63. The summed E-state index contributed by atoms with van der Waals surface area (Å²) in [5.74, 6) is -0.0105. The van der Waals surface area contributed by atoms with Crippen molar-refractivity contribution in [3.05, 3.63) is 65.5 Å². The van der Waals surface area contributed by atoms with Gasteiger partial charge in [-0.15, -0.1) is 0 Å². The van der Waals surface area contributed by atoms with Gasteiger partial charge in [0.05, 0.1) is 18.0 Å². The first-order chi connectivity index (χ1) is 11.4. The van der Waals surface area contributed by atoms with Gasteiger partial charge >= 0.3 is 6.18 Å². The quantitative estimate of drug-likeness (QED) is 0.901. The monoisotopic (exact) mass is 334 g/mol. The average molecular weight is 334 g/mol. The molecule has 0 unspecified atom stereocenters. The third-order valence-electron chi connectivity index (χ3n) is 4.07. The fourth-order valence-electron chi connectivity index (χ4n) is 2.72. The standard InChI is InChI=1S/C18H17F3N2O/c19-18(20,21)15-5-1-4-14(10-15)17(13-6-7-13)23-16(24)9-12-3-2-8-22-11-12/h1-5,8,10-11,13,17H,6-7,9H2,(H,23,24)/t17-/m1/s1. The molecule has 24 heavy (non-hydrogen) atoms. The van der Waals surface area contributed by atoms with Crippen LogP contribution in [0.15, 0.2) is 48.8 Å². The number of hydrogen-bond donors (Lipinski definition) is 1. The number of rotatable bonds is 5. The van der Waals surface area contributed by atoms with E-state index in [-0.39, 0.29) is 24.3 Å². The lowest BCUT2D eigenvalue weighted by atomic mass is 9.99. The van der Waals surface area contributed by atoms with E-state index in [0.29, 0.717) is 5.56 Å². The van der Waals surface area contributed by atoms with Gasteiger partial charge in [0.15, 0.2) is 0 Å². The summed E-state index contributed by atoms with van der Waals surface area (Å²) < 4.78 is 38.7. The van der Waals surface area contributed by atoms with Crippen LogP contribution in [0.3, 0.4) is 0 Å². The van der Waals surface area contributed by atoms with Crippen LogP contribution in [-0.2, 0) is 17.4 Å². The Hall–Kier alpha value is -2.37. The van der Waals surface area contributed by atoms with Gasteiger partial charge in [0, 0.05) is 12.4 Å². The smallest absolute Gasteiger partial charge is 0.349 e. The molecular formula is C18H17F3N2O. The van der Waals surface area contributed by atoms with Crippen LogP contribution < -0.4 is 5.32 Å². The summed E-state index contributed by atoms with van der Waals surface area (Å²) in [6.07, 6.45) is 0.828. The number of halogens is 3. The van der Waals surface area contributed by atoms with Gasteiger partial charge in [-0.1, -0.05) is 18.2 Å². The lowest BCUT2D eigenvalue weighted by Crippen LogP contribution is -2.31. The zero-order valence-electron chi connectivity index (χ0n) is 12.9. The van der Waals surface area contributed by atoms with Crippen molar-refractivity contribution in [2.24, 2.45) is 5.92 Å². The molecule has 1 fully saturated rings. The van der Waals surface area contributed by atoms with E-state index in [1.54, 1.807) is 30.6 Å². The molecule has 1 aromatic carbocycles. The number of aromatic nitrogens is 1. The summed E-state index contributed by atoms with van der Waals surface area (Å²) in [6, 6.07) is 8.37. The Bertz CT molecular complexity index is 712. The van der Waals surface area contributed by atoms with Gasteiger partial charge in [-0.3, -0.25) is 9.78 Å². The van der Waals surface area contributed by atoms with Crippen molar-refractivity contribution in [3.8, 4) is 0 Å². The lowest BCUT2D eigenvalue weighted by molar-refractivity contribution is -0.137. The number of amides is 1. The van der Waals surface area contributed by atoms with Crippen LogP contribution in [-0.4, -0.2) is 10.9 Å². The summed E-state index contributed by atoms with van der Waals surface area (Å²) in [5.41, 5.74) is 0.590. The van der Waals surface area contributed by atoms with Crippen molar-refractivity contribution in [3.63, 3.8) is 0 Å². The summed E-state index contributed by atoms with van der Waals surface area (Å²) in [7, 11) is 0. The molecule has 126 valence electrons. The Morgan fingerprint density at radius 2 is 2.04 bits per heavy atom. The molecule has 0 spiro atoms. The molecule has 3 nitrogen and oxygen atoms in total. The van der Waals surface area contributed by atoms with Crippen molar-refractivity contribution < 1.29 is 18.0 Å². The van der Waals surface area contributed by atoms with Gasteiger partial charge in [0.2, 0.25) is 5.91 Å². The molecule has 1 aliphatic rings. The van der Waals surface area contributed by atoms with E-state index in [2.05, 4.69) is 10.3 Å². The normalized spacial score (nSPS) is 15.8. The zero-order chi connectivity index (χ0) is 17.2. The highest BCUT2D eigenvalue weighted by molar-refractivity contribution is 5.79. The molecule has 1 atom stereocenters. The van der Waals surface area contributed by atoms with Crippen molar-refractivity contribution in [1.29, 1.82) is 0 Å². The summed E-state index contributed by atoms with van der Waals surface area (Å²) in [5, 5.41) is 2.89. The Morgan fingerprint density at radius 3 is 2.67 bits per heavy atom. The largest absolute Gasteiger partial charge is 0.416 e. The Balaban J connectivity index is 1.75. The van der Waals surface area contributed by atoms with Gasteiger partial charge in [-0.25, -0.2) is 0 Å². The van der Waals surface area contributed by atoms with Gasteiger partial charge in [0.25, 0.3) is 0 Å². The second-order valence-electron chi connectivity index (χ2n) is 6.04. The number of nitrogens with zero attached hydrogens (tertiary/aromatic N) is 1. The highest BCUT2D eigenvalue weighted by Crippen LogP contribution is 2.42. The van der Waals surface area contributed by atoms with Crippen LogP contribution in [0.25, 0.3) is 0 Å². The van der Waals surface area contributed by atoms with E-state index in [4.69, 9.17) is 0 Å². The minimum absolute atomic E-state index is 0.163. The molecule has 3 rings (SSSR count). The summed E-state index contributed by atoms with van der Waals surface area (Å²) >= 11 is 0. The first kappa shape index (κ1) is 16.5. The molecule has 0 saturated heterocycles. The predicted molar refractivity (Wildman–Crippen MR) is 83.0 cm³/mol. The number of hydrogen-bond acceptors (Lipinski definition) is 2. The van der Waals surface area contributed by atoms with Gasteiger partial charge < -0.3 is 5.32 Å². The molecule has 0 bridgehead atoms. The SMILES string of the molecule is O=C(Cc1cccnc1)N[C@@H](c1cccc(C(F)(F)F)c1)C1CC1. The highest BCUT2D eigenvalue weighted by atomic mass is 19.4. The number of carbonyl (C=O) groups is 1. The summed E-state index contributed by atoms with van der Waals surface area (Å²) in [6.45, 7) is 0. The van der Waals surface area contributed by atoms with E-state index < -0.39 is 11.7 Å². The third kappa shape index (κ3) is 4.13. The van der Waals surface area contributed by atoms with Gasteiger partial charge in [-0.05, 0) is 48.1 Å². The van der Waals surface area contributed by atoms with Crippen LogP contribution >= 0.6 is 0 Å². The maximum absolute atomic E-state index is 12.9. The fraction of sp³-hybridized carbons (Fsp3) is 0.333. The predicted octanol–water partition coefficient (Wildman–Crippen LogP) is 3.91. The minimum Gasteiger partial charge on any atom is -0.349 e. The maximum Gasteiger partial charge on any atom is 0.416 e. The van der Waals surface area contributed by atoms with Crippen molar-refractivity contribution >= 4 is 5.91 Å². The summed E-state index contributed by atoms with van der Waals surface area (Å²) in [4.78, 5) is 16.2. The fourth-order valence-corrected chi connectivity index (χ4v) is 2.72. The number of nitrogens with one attached hydrogen (secondary N) is 1. The van der Waals surface area contributed by atoms with Crippen molar-refractivity contribution in [1.82, 2.24) is 10.3 Å². The number of benzene rings is 1. The second-order valence-corrected chi connectivity index (χ2v) is 6.04. The molecule has 1 heterocycles.